The molecule has 0 saturated heterocycles. The third-order valence-corrected chi connectivity index (χ3v) is 6.19. The van der Waals surface area contributed by atoms with Gasteiger partial charge in [0.2, 0.25) is 0 Å². The zero-order chi connectivity index (χ0) is 17.6. The predicted molar refractivity (Wildman–Crippen MR) is 105 cm³/mol. The van der Waals surface area contributed by atoms with Crippen LogP contribution in [0.15, 0.2) is 41.4 Å². The van der Waals surface area contributed by atoms with Crippen molar-refractivity contribution in [2.75, 3.05) is 0 Å². The van der Waals surface area contributed by atoms with Crippen LogP contribution in [0.4, 0.5) is 0 Å². The summed E-state index contributed by atoms with van der Waals surface area (Å²) in [6, 6.07) is 11.6. The molecule has 0 aliphatic rings. The van der Waals surface area contributed by atoms with Gasteiger partial charge in [-0.1, -0.05) is 35.1 Å². The number of carbonyl (C=O) groups excluding carboxylic acids is 1. The molecule has 2 aromatic carbocycles. The molecule has 2 aromatic heterocycles. The quantitative estimate of drug-likeness (QED) is 0.484. The molecule has 0 radical (unpaired) electrons. The summed E-state index contributed by atoms with van der Waals surface area (Å²) in [5, 5.41) is 1.11. The van der Waals surface area contributed by atoms with Crippen molar-refractivity contribution in [1.29, 1.82) is 0 Å². The smallest absolute Gasteiger partial charge is 0.308 e. The number of fused-ring (bicyclic) bond motifs is 2. The van der Waals surface area contributed by atoms with E-state index >= 15 is 0 Å². The molecule has 0 unspecified atom stereocenters. The summed E-state index contributed by atoms with van der Waals surface area (Å²) < 4.78 is 4.07. The Bertz CT molecular complexity index is 1150. The Balaban J connectivity index is 1.88. The van der Waals surface area contributed by atoms with Gasteiger partial charge in [-0.15, -0.1) is 11.3 Å². The number of thiazole rings is 2. The number of amides is 1. The molecule has 4 rings (SSSR count). The van der Waals surface area contributed by atoms with E-state index in [0.29, 0.717) is 14.8 Å². The van der Waals surface area contributed by atoms with Gasteiger partial charge in [-0.05, 0) is 43.7 Å². The van der Waals surface area contributed by atoms with Gasteiger partial charge in [0.1, 0.15) is 0 Å². The molecule has 2 heterocycles. The van der Waals surface area contributed by atoms with Gasteiger partial charge in [0.05, 0.1) is 20.4 Å². The average Bonchev–Trinajstić information content (AvgIpc) is 3.15. The zero-order valence-corrected chi connectivity index (χ0v) is 16.0. The molecule has 7 heteroatoms. The van der Waals surface area contributed by atoms with E-state index < -0.39 is 0 Å². The lowest BCUT2D eigenvalue weighted by molar-refractivity contribution is 0.0997. The molecule has 4 nitrogen and oxygen atoms in total. The minimum atomic E-state index is -0.307. The molecule has 25 heavy (non-hydrogen) atoms. The third-order valence-electron chi connectivity index (χ3n) is 3.92. The van der Waals surface area contributed by atoms with Crippen molar-refractivity contribution in [1.82, 2.24) is 9.55 Å². The van der Waals surface area contributed by atoms with Gasteiger partial charge >= 0.3 is 5.91 Å². The third kappa shape index (κ3) is 2.90. The van der Waals surface area contributed by atoms with Crippen LogP contribution in [0.2, 0.25) is 5.02 Å². The van der Waals surface area contributed by atoms with Gasteiger partial charge < -0.3 is 4.57 Å². The van der Waals surface area contributed by atoms with Crippen LogP contribution in [-0.4, -0.2) is 15.5 Å². The van der Waals surface area contributed by atoms with Crippen molar-refractivity contribution in [3.63, 3.8) is 0 Å². The van der Waals surface area contributed by atoms with Crippen LogP contribution in [0.5, 0.6) is 0 Å². The number of nitrogens with zero attached hydrogens (tertiary/aromatic N) is 3. The fourth-order valence-corrected chi connectivity index (χ4v) is 5.25. The van der Waals surface area contributed by atoms with Gasteiger partial charge in [-0.2, -0.15) is 4.99 Å². The number of rotatable bonds is 2. The van der Waals surface area contributed by atoms with E-state index in [1.165, 1.54) is 22.7 Å². The van der Waals surface area contributed by atoms with Crippen molar-refractivity contribution < 1.29 is 4.79 Å². The maximum Gasteiger partial charge on any atom is 0.308 e. The molecule has 0 saturated carbocycles. The molecular formula is C18H14ClN3OS2. The highest BCUT2D eigenvalue weighted by Crippen LogP contribution is 2.26. The Labute approximate surface area is 157 Å². The zero-order valence-electron chi connectivity index (χ0n) is 13.6. The molecule has 0 aliphatic carbocycles. The highest BCUT2D eigenvalue weighted by molar-refractivity contribution is 7.20. The largest absolute Gasteiger partial charge is 0.316 e. The molecule has 1 amide bonds. The first-order valence-electron chi connectivity index (χ1n) is 7.81. The lowest BCUT2D eigenvalue weighted by Crippen LogP contribution is -2.16. The summed E-state index contributed by atoms with van der Waals surface area (Å²) in [7, 11) is 0. The van der Waals surface area contributed by atoms with Crippen molar-refractivity contribution in [3.8, 4) is 0 Å². The van der Waals surface area contributed by atoms with Gasteiger partial charge in [-0.3, -0.25) is 4.79 Å². The van der Waals surface area contributed by atoms with Crippen molar-refractivity contribution >= 4 is 60.6 Å². The molecule has 0 aliphatic heterocycles. The van der Waals surface area contributed by atoms with E-state index in [-0.39, 0.29) is 5.91 Å². The topological polar surface area (TPSA) is 47.2 Å². The Morgan fingerprint density at radius 3 is 2.80 bits per heavy atom. The number of hydrogen-bond donors (Lipinski definition) is 0. The molecule has 0 atom stereocenters. The van der Waals surface area contributed by atoms with Crippen LogP contribution in [0.1, 0.15) is 22.3 Å². The van der Waals surface area contributed by atoms with Crippen LogP contribution < -0.4 is 4.80 Å². The summed E-state index contributed by atoms with van der Waals surface area (Å²) in [4.78, 5) is 22.1. The Kier molecular flexibility index (Phi) is 4.19. The fraction of sp³-hybridized carbons (Fsp3) is 0.167. The lowest BCUT2D eigenvalue weighted by Gasteiger charge is -2.03. The van der Waals surface area contributed by atoms with E-state index in [2.05, 4.69) is 14.5 Å². The van der Waals surface area contributed by atoms with Crippen molar-refractivity contribution in [3.05, 3.63) is 56.8 Å². The standard InChI is InChI=1S/C18H14ClN3OS2/c1-3-22-15-10(2)8-11(19)9-14(15)25-18(22)21-16(23)17-20-12-6-4-5-7-13(12)24-17/h4-9H,3H2,1-2H3. The van der Waals surface area contributed by atoms with Gasteiger partial charge in [0.15, 0.2) is 9.81 Å². The molecule has 0 N–H and O–H groups in total. The monoisotopic (exact) mass is 387 g/mol. The number of benzene rings is 2. The van der Waals surface area contributed by atoms with E-state index in [1.54, 1.807) is 0 Å². The second kappa shape index (κ2) is 6.37. The first-order chi connectivity index (χ1) is 12.1. The molecule has 0 spiro atoms. The minimum absolute atomic E-state index is 0.307. The van der Waals surface area contributed by atoms with Gasteiger partial charge in [0, 0.05) is 11.6 Å². The minimum Gasteiger partial charge on any atom is -0.316 e. The number of hydrogen-bond acceptors (Lipinski definition) is 4. The van der Waals surface area contributed by atoms with E-state index in [0.717, 1.165) is 32.5 Å². The van der Waals surface area contributed by atoms with Crippen molar-refractivity contribution in [2.24, 2.45) is 4.99 Å². The Morgan fingerprint density at radius 1 is 1.24 bits per heavy atom. The average molecular weight is 388 g/mol. The lowest BCUT2D eigenvalue weighted by atomic mass is 10.2. The summed E-state index contributed by atoms with van der Waals surface area (Å²) in [5.74, 6) is -0.307. The molecule has 0 fully saturated rings. The summed E-state index contributed by atoms with van der Waals surface area (Å²) >= 11 is 9.01. The first-order valence-corrected chi connectivity index (χ1v) is 9.82. The maximum absolute atomic E-state index is 12.6. The Morgan fingerprint density at radius 2 is 2.04 bits per heavy atom. The summed E-state index contributed by atoms with van der Waals surface area (Å²) in [6.45, 7) is 4.79. The van der Waals surface area contributed by atoms with Crippen LogP contribution in [0, 0.1) is 6.92 Å². The predicted octanol–water partition coefficient (Wildman–Crippen LogP) is 5.04. The van der Waals surface area contributed by atoms with E-state index in [9.17, 15) is 4.79 Å². The molecule has 4 aromatic rings. The van der Waals surface area contributed by atoms with Gasteiger partial charge in [-0.25, -0.2) is 4.98 Å². The fourth-order valence-electron chi connectivity index (χ4n) is 2.85. The second-order valence-electron chi connectivity index (χ2n) is 5.60. The van der Waals surface area contributed by atoms with E-state index in [1.807, 2.05) is 50.2 Å². The number of aryl methyl sites for hydroxylation is 2. The first kappa shape index (κ1) is 16.4. The van der Waals surface area contributed by atoms with Crippen LogP contribution in [-0.2, 0) is 6.54 Å². The molecule has 0 bridgehead atoms. The van der Waals surface area contributed by atoms with Crippen LogP contribution in [0.3, 0.4) is 0 Å². The van der Waals surface area contributed by atoms with Gasteiger partial charge in [0.25, 0.3) is 0 Å². The highest BCUT2D eigenvalue weighted by Gasteiger charge is 2.14. The van der Waals surface area contributed by atoms with Crippen molar-refractivity contribution in [2.45, 2.75) is 20.4 Å². The number of para-hydroxylation sites is 1. The number of halogens is 1. The SMILES string of the molecule is CCn1c(=NC(=O)c2nc3ccccc3s2)sc2cc(Cl)cc(C)c21. The summed E-state index contributed by atoms with van der Waals surface area (Å²) in [5.41, 5.74) is 2.98. The number of carbonyl (C=O) groups is 1. The normalized spacial score (nSPS) is 12.4. The Hall–Kier alpha value is -2.02. The second-order valence-corrected chi connectivity index (χ2v) is 8.08. The number of aromatic nitrogens is 2. The van der Waals surface area contributed by atoms with Crippen LogP contribution in [0.25, 0.3) is 20.4 Å². The van der Waals surface area contributed by atoms with E-state index in [4.69, 9.17) is 11.6 Å². The maximum atomic E-state index is 12.6. The highest BCUT2D eigenvalue weighted by atomic mass is 35.5. The molecular weight excluding hydrogens is 374 g/mol. The summed E-state index contributed by atoms with van der Waals surface area (Å²) in [6.07, 6.45) is 0. The molecule has 126 valence electrons. The van der Waals surface area contributed by atoms with Crippen LogP contribution >= 0.6 is 34.3 Å².